The van der Waals surface area contributed by atoms with Crippen LogP contribution in [0.1, 0.15) is 37.7 Å². The van der Waals surface area contributed by atoms with Crippen LogP contribution in [0, 0.1) is 29.4 Å². The second-order valence-electron chi connectivity index (χ2n) is 11.1. The molecule has 2 aliphatic rings. The van der Waals surface area contributed by atoms with Gasteiger partial charge in [-0.2, -0.15) is 8.78 Å². The van der Waals surface area contributed by atoms with Crippen molar-refractivity contribution in [2.24, 2.45) is 23.5 Å². The van der Waals surface area contributed by atoms with Gasteiger partial charge in [-0.05, 0) is 36.7 Å². The van der Waals surface area contributed by atoms with Gasteiger partial charge in [0.15, 0.2) is 23.3 Å². The molecular weight excluding hydrogens is 576 g/mol. The van der Waals surface area contributed by atoms with Crippen LogP contribution >= 0.6 is 0 Å². The summed E-state index contributed by atoms with van der Waals surface area (Å²) < 4.78 is 28.0. The fourth-order valence-corrected chi connectivity index (χ4v) is 5.83. The van der Waals surface area contributed by atoms with Crippen LogP contribution in [0.5, 0.6) is 0 Å². The van der Waals surface area contributed by atoms with Crippen LogP contribution in [-0.2, 0) is 9.59 Å². The summed E-state index contributed by atoms with van der Waals surface area (Å²) >= 11 is 0. The highest BCUT2D eigenvalue weighted by molar-refractivity contribution is 5.72. The summed E-state index contributed by atoms with van der Waals surface area (Å²) in [6, 6.07) is 9.45. The van der Waals surface area contributed by atoms with Gasteiger partial charge in [0.2, 0.25) is 11.6 Å². The number of nitrogens with zero attached hydrogens (tertiary/aromatic N) is 6. The Bertz CT molecular complexity index is 1450. The predicted octanol–water partition coefficient (Wildman–Crippen LogP) is 2.35. The number of carboxylic acids is 2. The number of halogens is 2. The van der Waals surface area contributed by atoms with E-state index in [1.165, 1.54) is 18.2 Å². The first-order valence-electron chi connectivity index (χ1n) is 14.3. The second-order valence-corrected chi connectivity index (χ2v) is 11.1. The van der Waals surface area contributed by atoms with Crippen molar-refractivity contribution in [1.82, 2.24) is 19.9 Å². The number of hydrogen-bond acceptors (Lipinski definition) is 11. The Morgan fingerprint density at radius 1 is 0.864 bits per heavy atom. The van der Waals surface area contributed by atoms with Crippen molar-refractivity contribution in [2.45, 2.75) is 38.1 Å². The van der Waals surface area contributed by atoms with E-state index < -0.39 is 41.5 Å². The minimum atomic E-state index is -0.926. The number of nitrogen functional groups attached to an aromatic ring is 2. The summed E-state index contributed by atoms with van der Waals surface area (Å²) in [7, 11) is 0. The molecule has 2 aromatic heterocycles. The molecule has 0 radical (unpaired) electrons. The van der Waals surface area contributed by atoms with Gasteiger partial charge in [-0.1, -0.05) is 37.3 Å². The van der Waals surface area contributed by atoms with E-state index in [1.54, 1.807) is 9.80 Å². The van der Waals surface area contributed by atoms with Gasteiger partial charge in [-0.25, -0.2) is 19.9 Å². The van der Waals surface area contributed by atoms with Gasteiger partial charge in [-0.15, -0.1) is 0 Å². The molecule has 5 rings (SSSR count). The lowest BCUT2D eigenvalue weighted by molar-refractivity contribution is -0.145. The molecule has 4 heterocycles. The highest BCUT2D eigenvalue weighted by atomic mass is 19.1. The predicted molar refractivity (Wildman–Crippen MR) is 160 cm³/mol. The van der Waals surface area contributed by atoms with Crippen molar-refractivity contribution in [3.05, 3.63) is 60.2 Å². The molecule has 3 aromatic rings. The van der Waals surface area contributed by atoms with Crippen LogP contribution in [-0.4, -0.2) is 74.3 Å². The Labute approximate surface area is 253 Å². The monoisotopic (exact) mass is 613 g/mol. The van der Waals surface area contributed by atoms with E-state index in [0.717, 1.165) is 0 Å². The van der Waals surface area contributed by atoms with Crippen LogP contribution in [0.3, 0.4) is 0 Å². The highest BCUT2D eigenvalue weighted by Crippen LogP contribution is 2.35. The second kappa shape index (κ2) is 14.2. The molecule has 5 atom stereocenters. The number of piperidine rings is 2. The fourth-order valence-electron chi connectivity index (χ4n) is 5.83. The summed E-state index contributed by atoms with van der Waals surface area (Å²) in [5.41, 5.74) is 17.9. The molecule has 0 aliphatic carbocycles. The molecule has 2 fully saturated rings. The van der Waals surface area contributed by atoms with Gasteiger partial charge in [-0.3, -0.25) is 9.59 Å². The average Bonchev–Trinajstić information content (AvgIpc) is 3.00. The average molecular weight is 614 g/mol. The first kappa shape index (κ1) is 32.3. The molecule has 0 bridgehead atoms. The van der Waals surface area contributed by atoms with Gasteiger partial charge < -0.3 is 37.2 Å². The SMILES string of the molecule is C[C@H](C[C@H]1CN(c2ncnc(N)c2F)CCC1C(=O)O)c1ccccc1.Nc1ncnc(N2CCC(C(=O)O)[C@@H](N)C2)c1F. The number of benzene rings is 1. The summed E-state index contributed by atoms with van der Waals surface area (Å²) in [6.45, 7) is 3.56. The van der Waals surface area contributed by atoms with E-state index in [1.807, 2.05) is 30.3 Å². The van der Waals surface area contributed by atoms with Crippen LogP contribution < -0.4 is 27.0 Å². The van der Waals surface area contributed by atoms with Gasteiger partial charge in [0.25, 0.3) is 0 Å². The first-order valence-corrected chi connectivity index (χ1v) is 14.3. The van der Waals surface area contributed by atoms with E-state index in [9.17, 15) is 23.5 Å². The number of carbonyl (C=O) groups is 2. The Morgan fingerprint density at radius 2 is 1.36 bits per heavy atom. The van der Waals surface area contributed by atoms with Gasteiger partial charge in [0.05, 0.1) is 11.8 Å². The summed E-state index contributed by atoms with van der Waals surface area (Å²) in [6.07, 6.45) is 3.91. The van der Waals surface area contributed by atoms with Crippen molar-refractivity contribution in [1.29, 1.82) is 0 Å². The van der Waals surface area contributed by atoms with E-state index in [-0.39, 0.29) is 41.7 Å². The molecule has 0 spiro atoms. The van der Waals surface area contributed by atoms with Crippen molar-refractivity contribution >= 4 is 35.2 Å². The summed E-state index contributed by atoms with van der Waals surface area (Å²) in [5, 5.41) is 18.6. The molecule has 2 aliphatic heterocycles. The van der Waals surface area contributed by atoms with Crippen molar-refractivity contribution in [3.8, 4) is 0 Å². The maximum atomic E-state index is 14.3. The quantitative estimate of drug-likeness (QED) is 0.259. The van der Waals surface area contributed by atoms with Crippen molar-refractivity contribution in [2.75, 3.05) is 47.4 Å². The summed E-state index contributed by atoms with van der Waals surface area (Å²) in [5.74, 6) is -4.20. The number of anilines is 4. The molecule has 2 unspecified atom stereocenters. The van der Waals surface area contributed by atoms with Gasteiger partial charge in [0.1, 0.15) is 12.7 Å². The molecule has 2 saturated heterocycles. The Kier molecular flexibility index (Phi) is 10.4. The Hall–Kier alpha value is -4.66. The van der Waals surface area contributed by atoms with Gasteiger partial charge in [0, 0.05) is 32.2 Å². The lowest BCUT2D eigenvalue weighted by Gasteiger charge is -2.38. The Balaban J connectivity index is 0.000000215. The summed E-state index contributed by atoms with van der Waals surface area (Å²) in [4.78, 5) is 41.0. The van der Waals surface area contributed by atoms with Crippen LogP contribution in [0.25, 0.3) is 0 Å². The van der Waals surface area contributed by atoms with E-state index in [4.69, 9.17) is 22.3 Å². The third-order valence-electron chi connectivity index (χ3n) is 8.25. The normalized spacial score (nSPS) is 22.5. The lowest BCUT2D eigenvalue weighted by Crippen LogP contribution is -2.51. The number of rotatable bonds is 7. The molecule has 44 heavy (non-hydrogen) atoms. The third-order valence-corrected chi connectivity index (χ3v) is 8.25. The van der Waals surface area contributed by atoms with E-state index in [2.05, 4.69) is 26.9 Å². The van der Waals surface area contributed by atoms with Crippen molar-refractivity contribution in [3.63, 3.8) is 0 Å². The zero-order valence-electron chi connectivity index (χ0n) is 24.3. The molecule has 13 nitrogen and oxygen atoms in total. The largest absolute Gasteiger partial charge is 0.481 e. The molecule has 0 saturated carbocycles. The number of aromatic nitrogens is 4. The molecule has 1 aromatic carbocycles. The molecule has 236 valence electrons. The maximum Gasteiger partial charge on any atom is 0.308 e. The number of carboxylic acid groups (broad SMARTS) is 2. The smallest absolute Gasteiger partial charge is 0.308 e. The zero-order chi connectivity index (χ0) is 32.0. The van der Waals surface area contributed by atoms with Crippen molar-refractivity contribution < 1.29 is 28.6 Å². The fraction of sp³-hybridized carbons (Fsp3) is 0.448. The maximum absolute atomic E-state index is 14.3. The first-order chi connectivity index (χ1) is 21.0. The topological polar surface area (TPSA) is 211 Å². The van der Waals surface area contributed by atoms with Crippen LogP contribution in [0.4, 0.5) is 32.1 Å². The van der Waals surface area contributed by atoms with E-state index >= 15 is 0 Å². The minimum Gasteiger partial charge on any atom is -0.481 e. The number of nitrogens with two attached hydrogens (primary N) is 3. The Morgan fingerprint density at radius 3 is 1.86 bits per heavy atom. The number of hydrogen-bond donors (Lipinski definition) is 5. The molecular formula is C29H37F2N9O4. The van der Waals surface area contributed by atoms with E-state index in [0.29, 0.717) is 38.9 Å². The molecule has 15 heteroatoms. The lowest BCUT2D eigenvalue weighted by atomic mass is 9.78. The molecule has 8 N–H and O–H groups in total. The standard InChI is InChI=1S/C19H23FN4O2.C10H14FN5O2/c1-12(13-5-3-2-4-6-13)9-14-10-24(8-7-15(14)19(25)26)18-16(20)17(21)22-11-23-18;11-7-8(13)14-4-15-9(7)16-2-1-5(10(17)18)6(12)3-16/h2-6,11-12,14-15H,7-10H2,1H3,(H,25,26)(H2,21,22,23);4-6H,1-3,12H2,(H,17,18)(H2,13,14,15)/t12-,14+,15?;5?,6-/m10/s1. The van der Waals surface area contributed by atoms with Crippen LogP contribution in [0.2, 0.25) is 0 Å². The zero-order valence-corrected chi connectivity index (χ0v) is 24.3. The van der Waals surface area contributed by atoms with Gasteiger partial charge >= 0.3 is 11.9 Å². The highest BCUT2D eigenvalue weighted by Gasteiger charge is 2.37. The number of aliphatic carboxylic acids is 2. The third kappa shape index (κ3) is 7.45. The van der Waals surface area contributed by atoms with Crippen LogP contribution in [0.15, 0.2) is 43.0 Å². The minimum absolute atomic E-state index is 0.0711. The molecule has 0 amide bonds.